The molecule has 0 aliphatic carbocycles. The van der Waals surface area contributed by atoms with Crippen molar-refractivity contribution in [1.29, 1.82) is 0 Å². The lowest BCUT2D eigenvalue weighted by molar-refractivity contribution is 0.631. The van der Waals surface area contributed by atoms with Gasteiger partial charge in [0.05, 0.1) is 16.7 Å². The first kappa shape index (κ1) is 11.5. The van der Waals surface area contributed by atoms with Crippen molar-refractivity contribution in [2.24, 2.45) is 5.92 Å². The summed E-state index contributed by atoms with van der Waals surface area (Å²) >= 11 is 6.21. The highest BCUT2D eigenvalue weighted by Crippen LogP contribution is 2.22. The summed E-state index contributed by atoms with van der Waals surface area (Å²) in [5.41, 5.74) is 3.80. The van der Waals surface area contributed by atoms with E-state index in [4.69, 9.17) is 11.6 Å². The Hall–Kier alpha value is -1.61. The molecular formula is C14H14ClN3. The topological polar surface area (TPSA) is 30.2 Å². The minimum absolute atomic E-state index is 0.510. The smallest absolute Gasteiger partial charge is 0.155 e. The maximum Gasteiger partial charge on any atom is 0.155 e. The van der Waals surface area contributed by atoms with Crippen LogP contribution in [0.2, 0.25) is 5.15 Å². The number of para-hydroxylation sites is 2. The van der Waals surface area contributed by atoms with E-state index in [2.05, 4.69) is 23.9 Å². The third-order valence-electron chi connectivity index (χ3n) is 2.92. The molecule has 4 heteroatoms. The number of hydrogen-bond acceptors (Lipinski definition) is 2. The Morgan fingerprint density at radius 1 is 1.22 bits per heavy atom. The average Bonchev–Trinajstić information content (AvgIpc) is 2.73. The van der Waals surface area contributed by atoms with Gasteiger partial charge in [-0.05, 0) is 30.5 Å². The molecule has 0 radical (unpaired) electrons. The van der Waals surface area contributed by atoms with Crippen LogP contribution in [-0.4, -0.2) is 14.6 Å². The molecule has 0 saturated heterocycles. The van der Waals surface area contributed by atoms with Crippen molar-refractivity contribution in [3.05, 3.63) is 41.2 Å². The van der Waals surface area contributed by atoms with Crippen LogP contribution in [0, 0.1) is 5.92 Å². The van der Waals surface area contributed by atoms with E-state index in [9.17, 15) is 0 Å². The molecule has 3 nitrogen and oxygen atoms in total. The Bertz CT molecular complexity index is 715. The van der Waals surface area contributed by atoms with Crippen molar-refractivity contribution in [3.8, 4) is 0 Å². The minimum atomic E-state index is 0.510. The number of rotatable bonds is 2. The molecule has 3 aromatic rings. The summed E-state index contributed by atoms with van der Waals surface area (Å²) in [4.78, 5) is 4.40. The number of nitrogens with zero attached hydrogens (tertiary/aromatic N) is 3. The predicted octanol–water partition coefficient (Wildman–Crippen LogP) is 3.73. The van der Waals surface area contributed by atoms with Crippen molar-refractivity contribution < 1.29 is 0 Å². The van der Waals surface area contributed by atoms with Crippen LogP contribution in [-0.2, 0) is 6.42 Å². The molecule has 1 aromatic carbocycles. The molecule has 0 spiro atoms. The van der Waals surface area contributed by atoms with Crippen LogP contribution in [0.15, 0.2) is 30.3 Å². The molecule has 0 bridgehead atoms. The summed E-state index contributed by atoms with van der Waals surface area (Å²) in [6, 6.07) is 9.93. The molecule has 0 saturated carbocycles. The van der Waals surface area contributed by atoms with Crippen molar-refractivity contribution >= 4 is 28.2 Å². The first-order valence-electron chi connectivity index (χ1n) is 6.08. The maximum atomic E-state index is 6.21. The fourth-order valence-corrected chi connectivity index (χ4v) is 2.41. The van der Waals surface area contributed by atoms with Crippen LogP contribution in [0.3, 0.4) is 0 Å². The van der Waals surface area contributed by atoms with E-state index in [1.54, 1.807) is 0 Å². The Morgan fingerprint density at radius 2 is 2.00 bits per heavy atom. The quantitative estimate of drug-likeness (QED) is 0.702. The Morgan fingerprint density at radius 3 is 2.78 bits per heavy atom. The second-order valence-electron chi connectivity index (χ2n) is 4.92. The number of halogens is 1. The fraction of sp³-hybridized carbons (Fsp3) is 0.286. The standard InChI is InChI=1S/C14H14ClN3/c1-9(2)7-10-8-13-14(15)16-11-5-3-4-6-12(11)18(13)17-10/h3-6,8-9H,7H2,1-2H3. The summed E-state index contributed by atoms with van der Waals surface area (Å²) in [5, 5.41) is 5.14. The predicted molar refractivity (Wildman–Crippen MR) is 74.0 cm³/mol. The number of fused-ring (bicyclic) bond motifs is 3. The van der Waals surface area contributed by atoms with Crippen molar-refractivity contribution in [1.82, 2.24) is 14.6 Å². The summed E-state index contributed by atoms with van der Waals surface area (Å²) in [5.74, 6) is 0.577. The maximum absolute atomic E-state index is 6.21. The Labute approximate surface area is 110 Å². The largest absolute Gasteiger partial charge is 0.232 e. The normalized spacial score (nSPS) is 11.8. The van der Waals surface area contributed by atoms with Gasteiger partial charge < -0.3 is 0 Å². The molecular weight excluding hydrogens is 246 g/mol. The molecule has 92 valence electrons. The zero-order chi connectivity index (χ0) is 12.7. The SMILES string of the molecule is CC(C)Cc1cc2c(Cl)nc3ccccc3n2n1. The highest BCUT2D eigenvalue weighted by atomic mass is 35.5. The minimum Gasteiger partial charge on any atom is -0.232 e. The molecule has 3 rings (SSSR count). The van der Waals surface area contributed by atoms with Gasteiger partial charge in [-0.3, -0.25) is 0 Å². The number of benzene rings is 1. The van der Waals surface area contributed by atoms with Crippen molar-refractivity contribution in [2.45, 2.75) is 20.3 Å². The lowest BCUT2D eigenvalue weighted by Gasteiger charge is -2.01. The van der Waals surface area contributed by atoms with Crippen LogP contribution >= 0.6 is 11.6 Å². The van der Waals surface area contributed by atoms with Crippen LogP contribution in [0.4, 0.5) is 0 Å². The Balaban J connectivity index is 2.31. The van der Waals surface area contributed by atoms with Crippen LogP contribution in [0.1, 0.15) is 19.5 Å². The van der Waals surface area contributed by atoms with Crippen LogP contribution < -0.4 is 0 Å². The van der Waals surface area contributed by atoms with Gasteiger partial charge >= 0.3 is 0 Å². The summed E-state index contributed by atoms with van der Waals surface area (Å²) in [6.07, 6.45) is 0.951. The van der Waals surface area contributed by atoms with Gasteiger partial charge in [-0.25, -0.2) is 9.50 Å². The molecule has 0 N–H and O–H groups in total. The van der Waals surface area contributed by atoms with Crippen LogP contribution in [0.5, 0.6) is 0 Å². The van der Waals surface area contributed by atoms with E-state index in [1.165, 1.54) is 0 Å². The van der Waals surface area contributed by atoms with Gasteiger partial charge in [-0.1, -0.05) is 37.6 Å². The summed E-state index contributed by atoms with van der Waals surface area (Å²) < 4.78 is 1.89. The number of hydrogen-bond donors (Lipinski definition) is 0. The molecule has 0 atom stereocenters. The van der Waals surface area contributed by atoms with Gasteiger partial charge in [0, 0.05) is 0 Å². The lowest BCUT2D eigenvalue weighted by Crippen LogP contribution is -1.97. The zero-order valence-corrected chi connectivity index (χ0v) is 11.1. The molecule has 0 unspecified atom stereocenters. The second kappa shape index (κ2) is 4.25. The van der Waals surface area contributed by atoms with Gasteiger partial charge in [-0.2, -0.15) is 5.10 Å². The Kier molecular flexibility index (Phi) is 2.71. The highest BCUT2D eigenvalue weighted by molar-refractivity contribution is 6.33. The number of aromatic nitrogens is 3. The van der Waals surface area contributed by atoms with E-state index in [-0.39, 0.29) is 0 Å². The third kappa shape index (κ3) is 1.85. The van der Waals surface area contributed by atoms with Gasteiger partial charge in [-0.15, -0.1) is 0 Å². The molecule has 18 heavy (non-hydrogen) atoms. The molecule has 0 aliphatic heterocycles. The summed E-state index contributed by atoms with van der Waals surface area (Å²) in [7, 11) is 0. The molecule has 0 fully saturated rings. The monoisotopic (exact) mass is 259 g/mol. The van der Waals surface area contributed by atoms with E-state index in [0.29, 0.717) is 11.1 Å². The summed E-state index contributed by atoms with van der Waals surface area (Å²) in [6.45, 7) is 4.37. The van der Waals surface area contributed by atoms with Gasteiger partial charge in [0.1, 0.15) is 5.52 Å². The van der Waals surface area contributed by atoms with Crippen molar-refractivity contribution in [3.63, 3.8) is 0 Å². The van der Waals surface area contributed by atoms with E-state index < -0.39 is 0 Å². The van der Waals surface area contributed by atoms with E-state index >= 15 is 0 Å². The van der Waals surface area contributed by atoms with Gasteiger partial charge in [0.25, 0.3) is 0 Å². The van der Waals surface area contributed by atoms with E-state index in [0.717, 1.165) is 28.7 Å². The fourth-order valence-electron chi connectivity index (χ4n) is 2.18. The van der Waals surface area contributed by atoms with Crippen LogP contribution in [0.25, 0.3) is 16.6 Å². The third-order valence-corrected chi connectivity index (χ3v) is 3.20. The first-order chi connectivity index (χ1) is 8.65. The van der Waals surface area contributed by atoms with E-state index in [1.807, 2.05) is 34.8 Å². The average molecular weight is 260 g/mol. The lowest BCUT2D eigenvalue weighted by atomic mass is 10.1. The molecule has 2 heterocycles. The second-order valence-corrected chi connectivity index (χ2v) is 5.28. The molecule has 0 amide bonds. The van der Waals surface area contributed by atoms with Crippen molar-refractivity contribution in [2.75, 3.05) is 0 Å². The zero-order valence-electron chi connectivity index (χ0n) is 10.4. The van der Waals surface area contributed by atoms with Gasteiger partial charge in [0.2, 0.25) is 0 Å². The molecule has 0 aliphatic rings. The molecule has 2 aromatic heterocycles. The highest BCUT2D eigenvalue weighted by Gasteiger charge is 2.10. The van der Waals surface area contributed by atoms with Gasteiger partial charge in [0.15, 0.2) is 5.15 Å². The first-order valence-corrected chi connectivity index (χ1v) is 6.46.